The molecular formula is C14H19NO3. The van der Waals surface area contributed by atoms with Gasteiger partial charge in [-0.1, -0.05) is 24.3 Å². The van der Waals surface area contributed by atoms with Gasteiger partial charge in [0.1, 0.15) is 0 Å². The maximum atomic E-state index is 11.5. The third-order valence-electron chi connectivity index (χ3n) is 2.89. The standard InChI is InChI=1S/C14H19NO3/c1-11-6-3-4-7-13(11)10-15(12(2)16)9-5-8-14(17)18/h3-4,6-7H,5,8-10H2,1-2H3,(H,17,18). The quantitative estimate of drug-likeness (QED) is 0.841. The summed E-state index contributed by atoms with van der Waals surface area (Å²) < 4.78 is 0. The van der Waals surface area contributed by atoms with Crippen molar-refractivity contribution in [2.45, 2.75) is 33.2 Å². The minimum absolute atomic E-state index is 0.0244. The van der Waals surface area contributed by atoms with Gasteiger partial charge in [-0.25, -0.2) is 0 Å². The van der Waals surface area contributed by atoms with Crippen LogP contribution in [0.25, 0.3) is 0 Å². The summed E-state index contributed by atoms with van der Waals surface area (Å²) in [5.74, 6) is -0.849. The van der Waals surface area contributed by atoms with Crippen LogP contribution in [0.2, 0.25) is 0 Å². The summed E-state index contributed by atoms with van der Waals surface area (Å²) in [6, 6.07) is 7.90. The fraction of sp³-hybridized carbons (Fsp3) is 0.429. The number of rotatable bonds is 6. The molecule has 1 rings (SSSR count). The van der Waals surface area contributed by atoms with Gasteiger partial charge in [0.25, 0.3) is 0 Å². The summed E-state index contributed by atoms with van der Waals surface area (Å²) in [4.78, 5) is 23.7. The van der Waals surface area contributed by atoms with Crippen molar-refractivity contribution >= 4 is 11.9 Å². The molecule has 1 aromatic carbocycles. The van der Waals surface area contributed by atoms with Gasteiger partial charge in [0.05, 0.1) is 0 Å². The first-order chi connectivity index (χ1) is 8.50. The van der Waals surface area contributed by atoms with E-state index >= 15 is 0 Å². The third kappa shape index (κ3) is 4.57. The van der Waals surface area contributed by atoms with Gasteiger partial charge < -0.3 is 10.0 Å². The van der Waals surface area contributed by atoms with Crippen LogP contribution in [0.1, 0.15) is 30.9 Å². The van der Waals surface area contributed by atoms with Gasteiger partial charge in [-0.05, 0) is 24.5 Å². The highest BCUT2D eigenvalue weighted by Gasteiger charge is 2.11. The molecule has 1 aromatic rings. The van der Waals surface area contributed by atoms with Crippen molar-refractivity contribution in [1.82, 2.24) is 4.90 Å². The molecule has 1 amide bonds. The van der Waals surface area contributed by atoms with Crippen molar-refractivity contribution in [1.29, 1.82) is 0 Å². The predicted octanol–water partition coefficient (Wildman–Crippen LogP) is 2.21. The molecule has 0 aliphatic rings. The maximum absolute atomic E-state index is 11.5. The molecule has 1 N–H and O–H groups in total. The van der Waals surface area contributed by atoms with E-state index in [1.807, 2.05) is 31.2 Å². The van der Waals surface area contributed by atoms with Gasteiger partial charge in [0.2, 0.25) is 5.91 Å². The summed E-state index contributed by atoms with van der Waals surface area (Å²) in [5.41, 5.74) is 2.24. The monoisotopic (exact) mass is 249 g/mol. The lowest BCUT2D eigenvalue weighted by Crippen LogP contribution is -2.29. The van der Waals surface area contributed by atoms with E-state index < -0.39 is 5.97 Å². The summed E-state index contributed by atoms with van der Waals surface area (Å²) in [6.45, 7) is 4.54. The molecule has 0 aliphatic heterocycles. The van der Waals surface area contributed by atoms with Crippen LogP contribution in [0.3, 0.4) is 0 Å². The van der Waals surface area contributed by atoms with Crippen molar-refractivity contribution in [2.24, 2.45) is 0 Å². The fourth-order valence-corrected chi connectivity index (χ4v) is 1.76. The van der Waals surface area contributed by atoms with E-state index in [0.717, 1.165) is 11.1 Å². The minimum Gasteiger partial charge on any atom is -0.481 e. The Morgan fingerprint density at radius 2 is 1.94 bits per heavy atom. The second-order valence-corrected chi connectivity index (χ2v) is 4.36. The topological polar surface area (TPSA) is 57.6 Å². The molecule has 0 aromatic heterocycles. The molecule has 0 atom stereocenters. The minimum atomic E-state index is -0.825. The number of benzene rings is 1. The van der Waals surface area contributed by atoms with Crippen LogP contribution in [0.5, 0.6) is 0 Å². The highest BCUT2D eigenvalue weighted by molar-refractivity contribution is 5.73. The number of nitrogens with zero attached hydrogens (tertiary/aromatic N) is 1. The molecule has 0 bridgehead atoms. The van der Waals surface area contributed by atoms with Crippen molar-refractivity contribution in [2.75, 3.05) is 6.54 Å². The highest BCUT2D eigenvalue weighted by atomic mass is 16.4. The van der Waals surface area contributed by atoms with E-state index in [9.17, 15) is 9.59 Å². The van der Waals surface area contributed by atoms with E-state index in [2.05, 4.69) is 0 Å². The molecule has 0 unspecified atom stereocenters. The Morgan fingerprint density at radius 1 is 1.28 bits per heavy atom. The lowest BCUT2D eigenvalue weighted by molar-refractivity contribution is -0.138. The van der Waals surface area contributed by atoms with Gasteiger partial charge in [0, 0.05) is 26.4 Å². The summed E-state index contributed by atoms with van der Waals surface area (Å²) in [6.07, 6.45) is 0.582. The number of carbonyl (C=O) groups excluding carboxylic acids is 1. The van der Waals surface area contributed by atoms with Gasteiger partial charge >= 0.3 is 5.97 Å². The number of aliphatic carboxylic acids is 1. The Hall–Kier alpha value is -1.84. The molecule has 98 valence electrons. The smallest absolute Gasteiger partial charge is 0.303 e. The van der Waals surface area contributed by atoms with Crippen LogP contribution in [0, 0.1) is 6.92 Å². The lowest BCUT2D eigenvalue weighted by Gasteiger charge is -2.21. The first kappa shape index (κ1) is 14.2. The summed E-state index contributed by atoms with van der Waals surface area (Å²) in [5, 5.41) is 8.60. The molecule has 0 fully saturated rings. The van der Waals surface area contributed by atoms with E-state index in [4.69, 9.17) is 5.11 Å². The van der Waals surface area contributed by atoms with E-state index in [1.165, 1.54) is 6.92 Å². The number of carbonyl (C=O) groups is 2. The SMILES string of the molecule is CC(=O)N(CCCC(=O)O)Cc1ccccc1C. The van der Waals surface area contributed by atoms with Crippen molar-refractivity contribution < 1.29 is 14.7 Å². The Balaban J connectivity index is 2.61. The normalized spacial score (nSPS) is 10.1. The predicted molar refractivity (Wildman–Crippen MR) is 69.1 cm³/mol. The van der Waals surface area contributed by atoms with Crippen molar-refractivity contribution in [3.63, 3.8) is 0 Å². The van der Waals surface area contributed by atoms with Crippen LogP contribution in [0.15, 0.2) is 24.3 Å². The number of hydrogen-bond donors (Lipinski definition) is 1. The third-order valence-corrected chi connectivity index (χ3v) is 2.89. The molecule has 0 radical (unpaired) electrons. The van der Waals surface area contributed by atoms with E-state index in [1.54, 1.807) is 4.90 Å². The van der Waals surface area contributed by atoms with E-state index in [0.29, 0.717) is 19.5 Å². The van der Waals surface area contributed by atoms with Gasteiger partial charge in [-0.3, -0.25) is 9.59 Å². The molecule has 0 saturated heterocycles. The van der Waals surface area contributed by atoms with Crippen LogP contribution in [-0.2, 0) is 16.1 Å². The molecule has 4 nitrogen and oxygen atoms in total. The summed E-state index contributed by atoms with van der Waals surface area (Å²) >= 11 is 0. The number of hydrogen-bond acceptors (Lipinski definition) is 2. The largest absolute Gasteiger partial charge is 0.481 e. The van der Waals surface area contributed by atoms with Crippen LogP contribution in [-0.4, -0.2) is 28.4 Å². The van der Waals surface area contributed by atoms with Crippen molar-refractivity contribution in [3.8, 4) is 0 Å². The zero-order valence-electron chi connectivity index (χ0n) is 10.8. The van der Waals surface area contributed by atoms with Gasteiger partial charge in [-0.15, -0.1) is 0 Å². The Bertz CT molecular complexity index is 429. The number of aryl methyl sites for hydroxylation is 1. The first-order valence-electron chi connectivity index (χ1n) is 6.02. The Labute approximate surface area is 107 Å². The molecule has 0 heterocycles. The van der Waals surface area contributed by atoms with Crippen molar-refractivity contribution in [3.05, 3.63) is 35.4 Å². The number of carboxylic acids is 1. The van der Waals surface area contributed by atoms with Crippen LogP contribution in [0.4, 0.5) is 0 Å². The molecule has 4 heteroatoms. The molecule has 18 heavy (non-hydrogen) atoms. The zero-order valence-corrected chi connectivity index (χ0v) is 10.8. The van der Waals surface area contributed by atoms with Gasteiger partial charge in [-0.2, -0.15) is 0 Å². The summed E-state index contributed by atoms with van der Waals surface area (Å²) in [7, 11) is 0. The Morgan fingerprint density at radius 3 is 2.50 bits per heavy atom. The molecule has 0 saturated carbocycles. The van der Waals surface area contributed by atoms with E-state index in [-0.39, 0.29) is 12.3 Å². The number of carboxylic acid groups (broad SMARTS) is 1. The molecule has 0 aliphatic carbocycles. The van der Waals surface area contributed by atoms with Gasteiger partial charge in [0.15, 0.2) is 0 Å². The number of amides is 1. The second-order valence-electron chi connectivity index (χ2n) is 4.36. The maximum Gasteiger partial charge on any atom is 0.303 e. The fourth-order valence-electron chi connectivity index (χ4n) is 1.76. The highest BCUT2D eigenvalue weighted by Crippen LogP contribution is 2.11. The average Bonchev–Trinajstić information content (AvgIpc) is 2.29. The lowest BCUT2D eigenvalue weighted by atomic mass is 10.1. The average molecular weight is 249 g/mol. The first-order valence-corrected chi connectivity index (χ1v) is 6.02. The Kier molecular flexibility index (Phi) is 5.36. The molecule has 0 spiro atoms. The second kappa shape index (κ2) is 6.79. The van der Waals surface area contributed by atoms with Crippen LogP contribution >= 0.6 is 0 Å². The molecular weight excluding hydrogens is 230 g/mol. The zero-order chi connectivity index (χ0) is 13.5. The van der Waals surface area contributed by atoms with Crippen LogP contribution < -0.4 is 0 Å².